The number of hydrogen-bond acceptors (Lipinski definition) is 2. The third kappa shape index (κ3) is 4.07. The van der Waals surface area contributed by atoms with Gasteiger partial charge < -0.3 is 4.90 Å². The monoisotopic (exact) mass is 288 g/mol. The van der Waals surface area contributed by atoms with Crippen LogP contribution in [0.4, 0.5) is 0 Å². The molecule has 3 nitrogen and oxygen atoms in total. The summed E-state index contributed by atoms with van der Waals surface area (Å²) in [6.45, 7) is 13.0. The van der Waals surface area contributed by atoms with Crippen molar-refractivity contribution in [2.24, 2.45) is 11.8 Å². The second kappa shape index (κ2) is 7.08. The number of rotatable bonds is 3. The average Bonchev–Trinajstić information content (AvgIpc) is 2.49. The Morgan fingerprint density at radius 1 is 1.29 bits per heavy atom. The molecule has 0 aromatic carbocycles. The molecule has 2 rings (SSSR count). The summed E-state index contributed by atoms with van der Waals surface area (Å²) in [4.78, 5) is 15.8. The maximum Gasteiger partial charge on any atom is 0.219 e. The van der Waals surface area contributed by atoms with E-state index in [1.165, 1.54) is 11.1 Å². The molecule has 116 valence electrons. The van der Waals surface area contributed by atoms with Gasteiger partial charge in [-0.1, -0.05) is 36.8 Å². The van der Waals surface area contributed by atoms with E-state index in [2.05, 4.69) is 50.0 Å². The molecule has 0 aromatic rings. The van der Waals surface area contributed by atoms with Crippen LogP contribution in [0.5, 0.6) is 0 Å². The van der Waals surface area contributed by atoms with Gasteiger partial charge in [0.2, 0.25) is 5.91 Å². The highest BCUT2D eigenvalue weighted by molar-refractivity contribution is 5.73. The van der Waals surface area contributed by atoms with E-state index >= 15 is 0 Å². The molecule has 3 heteroatoms. The summed E-state index contributed by atoms with van der Waals surface area (Å²) in [6.07, 6.45) is 9.26. The zero-order chi connectivity index (χ0) is 15.4. The van der Waals surface area contributed by atoms with Crippen LogP contribution in [0.15, 0.2) is 35.5 Å². The molecule has 1 heterocycles. The second-order valence-corrected chi connectivity index (χ2v) is 6.30. The lowest BCUT2D eigenvalue weighted by Crippen LogP contribution is -2.48. The van der Waals surface area contributed by atoms with Crippen LogP contribution in [0.25, 0.3) is 0 Å². The first-order valence-corrected chi connectivity index (χ1v) is 8.01. The van der Waals surface area contributed by atoms with Crippen molar-refractivity contribution < 1.29 is 4.79 Å². The van der Waals surface area contributed by atoms with Crippen LogP contribution in [0.2, 0.25) is 0 Å². The zero-order valence-electron chi connectivity index (χ0n) is 13.8. The minimum atomic E-state index is 0.198. The Kier molecular flexibility index (Phi) is 5.40. The van der Waals surface area contributed by atoms with Gasteiger partial charge in [-0.15, -0.1) is 0 Å². The number of hydrogen-bond donors (Lipinski definition) is 0. The Balaban J connectivity index is 1.94. The summed E-state index contributed by atoms with van der Waals surface area (Å²) in [5.41, 5.74) is 2.86. The van der Waals surface area contributed by atoms with Crippen molar-refractivity contribution >= 4 is 5.91 Å². The van der Waals surface area contributed by atoms with Crippen molar-refractivity contribution in [1.82, 2.24) is 9.80 Å². The topological polar surface area (TPSA) is 23.6 Å². The van der Waals surface area contributed by atoms with Crippen LogP contribution in [-0.2, 0) is 4.79 Å². The van der Waals surface area contributed by atoms with E-state index in [1.807, 2.05) is 4.90 Å². The lowest BCUT2D eigenvalue weighted by molar-refractivity contribution is -0.130. The van der Waals surface area contributed by atoms with Crippen LogP contribution in [-0.4, -0.2) is 48.4 Å². The fraction of sp³-hybridized carbons (Fsp3) is 0.611. The summed E-state index contributed by atoms with van der Waals surface area (Å²) in [7, 11) is 0. The maximum atomic E-state index is 11.4. The van der Waals surface area contributed by atoms with E-state index in [0.29, 0.717) is 11.8 Å². The molecule has 1 aliphatic heterocycles. The van der Waals surface area contributed by atoms with Gasteiger partial charge in [0, 0.05) is 45.6 Å². The van der Waals surface area contributed by atoms with E-state index in [4.69, 9.17) is 0 Å². The molecule has 1 aliphatic carbocycles. The van der Waals surface area contributed by atoms with Crippen LogP contribution < -0.4 is 0 Å². The smallest absolute Gasteiger partial charge is 0.219 e. The first-order valence-electron chi connectivity index (χ1n) is 8.01. The number of piperazine rings is 1. The number of amides is 1. The number of allylic oxidation sites excluding steroid dienone is 4. The van der Waals surface area contributed by atoms with Crippen molar-refractivity contribution in [2.75, 3.05) is 32.7 Å². The largest absolute Gasteiger partial charge is 0.340 e. The fourth-order valence-corrected chi connectivity index (χ4v) is 3.16. The molecule has 0 spiro atoms. The summed E-state index contributed by atoms with van der Waals surface area (Å²) >= 11 is 0. The van der Waals surface area contributed by atoms with Gasteiger partial charge in [-0.2, -0.15) is 0 Å². The van der Waals surface area contributed by atoms with Gasteiger partial charge in [0.15, 0.2) is 0 Å². The number of nitrogens with zero attached hydrogens (tertiary/aromatic N) is 2. The Morgan fingerprint density at radius 3 is 2.52 bits per heavy atom. The Morgan fingerprint density at radius 2 is 1.95 bits per heavy atom. The molecular weight excluding hydrogens is 260 g/mol. The normalized spacial score (nSPS) is 27.7. The second-order valence-electron chi connectivity index (χ2n) is 6.30. The van der Waals surface area contributed by atoms with Gasteiger partial charge in [0.1, 0.15) is 0 Å². The van der Waals surface area contributed by atoms with Gasteiger partial charge in [-0.25, -0.2) is 0 Å². The van der Waals surface area contributed by atoms with E-state index in [1.54, 1.807) is 6.92 Å². The van der Waals surface area contributed by atoms with Crippen molar-refractivity contribution in [1.29, 1.82) is 0 Å². The molecule has 0 bridgehead atoms. The fourth-order valence-electron chi connectivity index (χ4n) is 3.16. The van der Waals surface area contributed by atoms with Gasteiger partial charge in [0.05, 0.1) is 0 Å². The quantitative estimate of drug-likeness (QED) is 0.746. The lowest BCUT2D eigenvalue weighted by atomic mass is 9.82. The predicted molar refractivity (Wildman–Crippen MR) is 88.0 cm³/mol. The average molecular weight is 288 g/mol. The van der Waals surface area contributed by atoms with Crippen LogP contribution in [0, 0.1) is 11.8 Å². The summed E-state index contributed by atoms with van der Waals surface area (Å²) in [6, 6.07) is 0. The maximum absolute atomic E-state index is 11.4. The highest BCUT2D eigenvalue weighted by Crippen LogP contribution is 2.29. The Labute approximate surface area is 129 Å². The van der Waals surface area contributed by atoms with E-state index in [-0.39, 0.29) is 5.91 Å². The number of carbonyl (C=O) groups is 1. The van der Waals surface area contributed by atoms with E-state index < -0.39 is 0 Å². The predicted octanol–water partition coefficient (Wildman–Crippen LogP) is 2.87. The molecule has 0 radical (unpaired) electrons. The van der Waals surface area contributed by atoms with Gasteiger partial charge in [0.25, 0.3) is 0 Å². The molecule has 2 unspecified atom stereocenters. The highest BCUT2D eigenvalue weighted by Gasteiger charge is 2.22. The van der Waals surface area contributed by atoms with Crippen molar-refractivity contribution in [2.45, 2.75) is 27.7 Å². The van der Waals surface area contributed by atoms with E-state index in [0.717, 1.165) is 32.7 Å². The molecular formula is C18H28N2O. The minimum Gasteiger partial charge on any atom is -0.340 e. The van der Waals surface area contributed by atoms with Crippen molar-refractivity contribution in [3.05, 3.63) is 35.5 Å². The molecule has 1 fully saturated rings. The lowest BCUT2D eigenvalue weighted by Gasteiger charge is -2.35. The van der Waals surface area contributed by atoms with Gasteiger partial charge in [-0.3, -0.25) is 9.69 Å². The summed E-state index contributed by atoms with van der Waals surface area (Å²) in [5.74, 6) is 1.32. The summed E-state index contributed by atoms with van der Waals surface area (Å²) < 4.78 is 0. The number of carbonyl (C=O) groups excluding carboxylic acids is 1. The van der Waals surface area contributed by atoms with Crippen LogP contribution in [0.3, 0.4) is 0 Å². The molecule has 0 N–H and O–H groups in total. The molecule has 21 heavy (non-hydrogen) atoms. The van der Waals surface area contributed by atoms with Crippen molar-refractivity contribution in [3.63, 3.8) is 0 Å². The standard InChI is InChI=1S/C18H28N2O/c1-5-14(2)18-12-17(7-6-15(18)3)13-19-8-10-20(11-9-19)16(4)21/h5-7,12,15,18H,8-11,13H2,1-4H3. The van der Waals surface area contributed by atoms with E-state index in [9.17, 15) is 4.79 Å². The third-order valence-corrected chi connectivity index (χ3v) is 4.78. The van der Waals surface area contributed by atoms with Crippen LogP contribution >= 0.6 is 0 Å². The summed E-state index contributed by atoms with van der Waals surface area (Å²) in [5, 5.41) is 0. The third-order valence-electron chi connectivity index (χ3n) is 4.78. The SMILES string of the molecule is CC=C(C)C1C=C(CN2CCN(C(C)=O)CC2)C=CC1C. The molecule has 0 aromatic heterocycles. The molecule has 1 saturated heterocycles. The van der Waals surface area contributed by atoms with Gasteiger partial charge in [-0.05, 0) is 25.3 Å². The first kappa shape index (κ1) is 16.0. The molecule has 2 atom stereocenters. The van der Waals surface area contributed by atoms with Crippen molar-refractivity contribution in [3.8, 4) is 0 Å². The molecule has 2 aliphatic rings. The minimum absolute atomic E-state index is 0.198. The van der Waals surface area contributed by atoms with Crippen LogP contribution in [0.1, 0.15) is 27.7 Å². The van der Waals surface area contributed by atoms with Gasteiger partial charge >= 0.3 is 0 Å². The molecule has 1 amide bonds. The zero-order valence-corrected chi connectivity index (χ0v) is 13.8. The Hall–Kier alpha value is -1.35. The first-order chi connectivity index (χ1) is 10.0. The molecule has 0 saturated carbocycles. The Bertz CT molecular complexity index is 468. The highest BCUT2D eigenvalue weighted by atomic mass is 16.2.